The van der Waals surface area contributed by atoms with Crippen molar-refractivity contribution in [3.8, 4) is 11.1 Å². The molecule has 0 aliphatic heterocycles. The lowest BCUT2D eigenvalue weighted by atomic mass is 9.72. The Morgan fingerprint density at radius 2 is 1.52 bits per heavy atom. The quantitative estimate of drug-likeness (QED) is 0.756. The van der Waals surface area contributed by atoms with Crippen molar-refractivity contribution in [2.45, 2.75) is 38.6 Å². The number of hydrogen-bond donors (Lipinski definition) is 0. The summed E-state index contributed by atoms with van der Waals surface area (Å²) in [6, 6.07) is 18.8. The van der Waals surface area contributed by atoms with Gasteiger partial charge in [0.2, 0.25) is 0 Å². The third-order valence-electron chi connectivity index (χ3n) is 4.88. The number of anilines is 1. The predicted octanol–water partition coefficient (Wildman–Crippen LogP) is 5.21. The summed E-state index contributed by atoms with van der Waals surface area (Å²) in [4.78, 5) is 14.4. The van der Waals surface area contributed by atoms with Gasteiger partial charge in [-0.25, -0.2) is 0 Å². The first-order valence-corrected chi connectivity index (χ1v) is 8.17. The molecule has 3 rings (SSSR count). The van der Waals surface area contributed by atoms with Gasteiger partial charge in [-0.2, -0.15) is 0 Å². The Labute approximate surface area is 138 Å². The molecule has 2 aromatic carbocycles. The van der Waals surface area contributed by atoms with Crippen LogP contribution in [0.1, 0.15) is 33.1 Å². The van der Waals surface area contributed by atoms with Crippen LogP contribution in [0.15, 0.2) is 66.9 Å². The maximum atomic E-state index is 12.3. The Morgan fingerprint density at radius 1 is 0.957 bits per heavy atom. The molecule has 2 nitrogen and oxygen atoms in total. The van der Waals surface area contributed by atoms with Crippen molar-refractivity contribution in [2.24, 2.45) is 0 Å². The summed E-state index contributed by atoms with van der Waals surface area (Å²) in [7, 11) is 0. The van der Waals surface area contributed by atoms with Crippen LogP contribution in [0.3, 0.4) is 0 Å². The van der Waals surface area contributed by atoms with E-state index in [-0.39, 0.29) is 11.3 Å². The molecule has 0 spiro atoms. The van der Waals surface area contributed by atoms with Crippen molar-refractivity contribution >= 4 is 11.5 Å². The summed E-state index contributed by atoms with van der Waals surface area (Å²) in [5.41, 5.74) is 3.96. The van der Waals surface area contributed by atoms with E-state index in [1.165, 1.54) is 11.1 Å². The van der Waals surface area contributed by atoms with Crippen molar-refractivity contribution in [3.05, 3.63) is 66.9 Å². The Bertz CT molecular complexity index is 711. The molecule has 0 amide bonds. The molecule has 2 aromatic rings. The van der Waals surface area contributed by atoms with Crippen LogP contribution in [-0.4, -0.2) is 11.3 Å². The predicted molar refractivity (Wildman–Crippen MR) is 96.4 cm³/mol. The average Bonchev–Trinajstić information content (AvgIpc) is 2.51. The van der Waals surface area contributed by atoms with Crippen LogP contribution in [0.4, 0.5) is 5.69 Å². The lowest BCUT2D eigenvalue weighted by Crippen LogP contribution is -2.58. The summed E-state index contributed by atoms with van der Waals surface area (Å²) in [6.07, 6.45) is 2.93. The maximum Gasteiger partial charge on any atom is 0.155 e. The first-order valence-electron chi connectivity index (χ1n) is 8.17. The standard InChI is InChI=1S/C21H23NO/c1-16(2)22(21(17(3)23)14-7-15-21)20-12-10-19(11-13-20)18-8-5-4-6-9-18/h4-6,8-13H,1,7,14-15H2,2-3H3. The zero-order chi connectivity index (χ0) is 16.4. The largest absolute Gasteiger partial charge is 0.333 e. The van der Waals surface area contributed by atoms with E-state index in [1.807, 2.05) is 25.1 Å². The van der Waals surface area contributed by atoms with E-state index in [0.29, 0.717) is 0 Å². The normalized spacial score (nSPS) is 15.6. The molecular formula is C21H23NO. The number of allylic oxidation sites excluding steroid dienone is 1. The fourth-order valence-corrected chi connectivity index (χ4v) is 3.51. The van der Waals surface area contributed by atoms with Gasteiger partial charge < -0.3 is 4.90 Å². The zero-order valence-corrected chi connectivity index (χ0v) is 13.9. The minimum atomic E-state index is -0.389. The Balaban J connectivity index is 1.96. The van der Waals surface area contributed by atoms with Gasteiger partial charge in [0.1, 0.15) is 5.54 Å². The summed E-state index contributed by atoms with van der Waals surface area (Å²) >= 11 is 0. The second kappa shape index (κ2) is 6.04. The summed E-state index contributed by atoms with van der Waals surface area (Å²) in [5, 5.41) is 0. The van der Waals surface area contributed by atoms with Gasteiger partial charge in [0, 0.05) is 11.4 Å². The summed E-state index contributed by atoms with van der Waals surface area (Å²) < 4.78 is 0. The van der Waals surface area contributed by atoms with Gasteiger partial charge in [0.25, 0.3) is 0 Å². The average molecular weight is 305 g/mol. The van der Waals surface area contributed by atoms with E-state index in [2.05, 4.69) is 47.9 Å². The van der Waals surface area contributed by atoms with E-state index >= 15 is 0 Å². The maximum absolute atomic E-state index is 12.3. The van der Waals surface area contributed by atoms with E-state index in [1.54, 1.807) is 6.92 Å². The van der Waals surface area contributed by atoms with Gasteiger partial charge >= 0.3 is 0 Å². The van der Waals surface area contributed by atoms with Gasteiger partial charge in [0.15, 0.2) is 5.78 Å². The number of rotatable bonds is 5. The molecule has 0 saturated heterocycles. The van der Waals surface area contributed by atoms with Crippen LogP contribution in [-0.2, 0) is 4.79 Å². The molecule has 0 bridgehead atoms. The number of nitrogens with zero attached hydrogens (tertiary/aromatic N) is 1. The number of ketones is 1. The third kappa shape index (κ3) is 2.70. The number of hydrogen-bond acceptors (Lipinski definition) is 2. The van der Waals surface area contributed by atoms with Crippen LogP contribution in [0.2, 0.25) is 0 Å². The van der Waals surface area contributed by atoms with Gasteiger partial charge in [-0.05, 0) is 56.4 Å². The number of benzene rings is 2. The third-order valence-corrected chi connectivity index (χ3v) is 4.88. The molecule has 1 fully saturated rings. The molecule has 0 aromatic heterocycles. The second-order valence-electron chi connectivity index (χ2n) is 6.42. The number of Topliss-reactive ketones (excluding diaryl/α,β-unsaturated/α-hetero) is 1. The molecule has 1 aliphatic carbocycles. The Hall–Kier alpha value is -2.35. The van der Waals surface area contributed by atoms with Crippen molar-refractivity contribution in [2.75, 3.05) is 4.90 Å². The van der Waals surface area contributed by atoms with E-state index in [9.17, 15) is 4.79 Å². The minimum absolute atomic E-state index is 0.235. The Morgan fingerprint density at radius 3 is 1.96 bits per heavy atom. The van der Waals surface area contributed by atoms with Crippen LogP contribution in [0.5, 0.6) is 0 Å². The Kier molecular flexibility index (Phi) is 4.08. The van der Waals surface area contributed by atoms with E-state index in [4.69, 9.17) is 0 Å². The molecule has 2 heteroatoms. The number of carbonyl (C=O) groups excluding carboxylic acids is 1. The highest BCUT2D eigenvalue weighted by Crippen LogP contribution is 2.43. The molecular weight excluding hydrogens is 282 g/mol. The molecule has 0 heterocycles. The van der Waals surface area contributed by atoms with Crippen molar-refractivity contribution in [1.82, 2.24) is 0 Å². The van der Waals surface area contributed by atoms with E-state index in [0.717, 1.165) is 30.6 Å². The second-order valence-corrected chi connectivity index (χ2v) is 6.42. The van der Waals surface area contributed by atoms with Gasteiger partial charge in [0.05, 0.1) is 0 Å². The van der Waals surface area contributed by atoms with Crippen LogP contribution in [0.25, 0.3) is 11.1 Å². The highest BCUT2D eigenvalue weighted by atomic mass is 16.1. The van der Waals surface area contributed by atoms with Gasteiger partial charge in [-0.3, -0.25) is 4.79 Å². The highest BCUT2D eigenvalue weighted by Gasteiger charge is 2.47. The molecule has 0 atom stereocenters. The first kappa shape index (κ1) is 15.5. The molecule has 1 saturated carbocycles. The molecule has 0 unspecified atom stereocenters. The van der Waals surface area contributed by atoms with Gasteiger partial charge in [-0.1, -0.05) is 49.0 Å². The van der Waals surface area contributed by atoms with Crippen LogP contribution in [0, 0.1) is 0 Å². The smallest absolute Gasteiger partial charge is 0.155 e. The highest BCUT2D eigenvalue weighted by molar-refractivity contribution is 5.92. The summed E-state index contributed by atoms with van der Waals surface area (Å²) in [5.74, 6) is 0.235. The fourth-order valence-electron chi connectivity index (χ4n) is 3.51. The lowest BCUT2D eigenvalue weighted by molar-refractivity contribution is -0.124. The fraction of sp³-hybridized carbons (Fsp3) is 0.286. The molecule has 0 N–H and O–H groups in total. The minimum Gasteiger partial charge on any atom is -0.333 e. The zero-order valence-electron chi connectivity index (χ0n) is 13.9. The van der Waals surface area contributed by atoms with Gasteiger partial charge in [-0.15, -0.1) is 0 Å². The van der Waals surface area contributed by atoms with Crippen molar-refractivity contribution < 1.29 is 4.79 Å². The van der Waals surface area contributed by atoms with Crippen LogP contribution >= 0.6 is 0 Å². The monoisotopic (exact) mass is 305 g/mol. The number of carbonyl (C=O) groups is 1. The lowest BCUT2D eigenvalue weighted by Gasteiger charge is -2.50. The molecule has 23 heavy (non-hydrogen) atoms. The first-order chi connectivity index (χ1) is 11.0. The van der Waals surface area contributed by atoms with Crippen molar-refractivity contribution in [1.29, 1.82) is 0 Å². The molecule has 1 aliphatic rings. The summed E-state index contributed by atoms with van der Waals surface area (Å²) in [6.45, 7) is 7.80. The molecule has 118 valence electrons. The van der Waals surface area contributed by atoms with E-state index < -0.39 is 0 Å². The van der Waals surface area contributed by atoms with Crippen molar-refractivity contribution in [3.63, 3.8) is 0 Å². The molecule has 0 radical (unpaired) electrons. The SMILES string of the molecule is C=C(C)N(c1ccc(-c2ccccc2)cc1)C1(C(C)=O)CCC1. The van der Waals surface area contributed by atoms with Crippen LogP contribution < -0.4 is 4.90 Å². The topological polar surface area (TPSA) is 20.3 Å².